The zero-order valence-electron chi connectivity index (χ0n) is 15.7. The van der Waals surface area contributed by atoms with Gasteiger partial charge in [0, 0.05) is 0 Å². The summed E-state index contributed by atoms with van der Waals surface area (Å²) in [7, 11) is 0. The summed E-state index contributed by atoms with van der Waals surface area (Å²) >= 11 is 0. The Hall–Kier alpha value is -2.74. The molecule has 0 aliphatic rings. The highest BCUT2D eigenvalue weighted by molar-refractivity contribution is 5.89. The lowest BCUT2D eigenvalue weighted by molar-refractivity contribution is -0.0948. The number of ether oxygens (including phenoxy) is 2. The summed E-state index contributed by atoms with van der Waals surface area (Å²) in [6, 6.07) is 13.3. The summed E-state index contributed by atoms with van der Waals surface area (Å²) in [6.07, 6.45) is -4.73. The molecular weight excluding hydrogens is 364 g/mol. The third kappa shape index (κ3) is 6.16. The number of carbonyl (C=O) groups is 2. The van der Waals surface area contributed by atoms with Gasteiger partial charge in [-0.25, -0.2) is 9.59 Å². The van der Waals surface area contributed by atoms with E-state index in [9.17, 15) is 24.9 Å². The Morgan fingerprint density at radius 2 is 1.04 bits per heavy atom. The van der Waals surface area contributed by atoms with Crippen LogP contribution in [-0.4, -0.2) is 58.8 Å². The highest BCUT2D eigenvalue weighted by Gasteiger charge is 2.27. The first-order chi connectivity index (χ1) is 13.3. The Morgan fingerprint density at radius 3 is 1.36 bits per heavy atom. The van der Waals surface area contributed by atoms with Crippen LogP contribution in [0, 0.1) is 13.8 Å². The molecule has 7 nitrogen and oxygen atoms in total. The quantitative estimate of drug-likeness (QED) is 0.586. The molecule has 2 atom stereocenters. The van der Waals surface area contributed by atoms with E-state index in [0.29, 0.717) is 11.1 Å². The minimum atomic E-state index is -1.66. The van der Waals surface area contributed by atoms with Gasteiger partial charge in [0.2, 0.25) is 0 Å². The van der Waals surface area contributed by atoms with Crippen LogP contribution in [0.1, 0.15) is 31.8 Å². The van der Waals surface area contributed by atoms with Gasteiger partial charge in [-0.2, -0.15) is 0 Å². The van der Waals surface area contributed by atoms with Crippen LogP contribution >= 0.6 is 0 Å². The second-order valence-electron chi connectivity index (χ2n) is 6.55. The van der Waals surface area contributed by atoms with Crippen LogP contribution in [0.3, 0.4) is 0 Å². The molecule has 28 heavy (non-hydrogen) atoms. The molecule has 0 saturated heterocycles. The van der Waals surface area contributed by atoms with Gasteiger partial charge in [-0.1, -0.05) is 35.4 Å². The average Bonchev–Trinajstić information content (AvgIpc) is 2.70. The topological polar surface area (TPSA) is 113 Å². The minimum Gasteiger partial charge on any atom is -0.459 e. The number of esters is 2. The van der Waals surface area contributed by atoms with Gasteiger partial charge < -0.3 is 24.8 Å². The lowest BCUT2D eigenvalue weighted by Gasteiger charge is -2.22. The van der Waals surface area contributed by atoms with E-state index in [4.69, 9.17) is 9.47 Å². The van der Waals surface area contributed by atoms with Crippen molar-refractivity contribution in [3.63, 3.8) is 0 Å². The maximum atomic E-state index is 11.9. The fraction of sp³-hybridized carbons (Fsp3) is 0.333. The summed E-state index contributed by atoms with van der Waals surface area (Å²) in [5, 5.41) is 29.8. The number of aryl methyl sites for hydroxylation is 2. The monoisotopic (exact) mass is 388 g/mol. The van der Waals surface area contributed by atoms with E-state index in [1.54, 1.807) is 48.5 Å². The largest absolute Gasteiger partial charge is 0.459 e. The van der Waals surface area contributed by atoms with E-state index in [2.05, 4.69) is 0 Å². The van der Waals surface area contributed by atoms with Crippen molar-refractivity contribution in [2.24, 2.45) is 0 Å². The van der Waals surface area contributed by atoms with Gasteiger partial charge >= 0.3 is 11.9 Å². The fourth-order valence-electron chi connectivity index (χ4n) is 2.32. The molecule has 2 aromatic rings. The molecule has 2 aromatic carbocycles. The molecule has 0 aromatic heterocycles. The summed E-state index contributed by atoms with van der Waals surface area (Å²) < 4.78 is 9.88. The number of hydrogen-bond acceptors (Lipinski definition) is 7. The highest BCUT2D eigenvalue weighted by Crippen LogP contribution is 2.09. The highest BCUT2D eigenvalue weighted by atomic mass is 16.6. The van der Waals surface area contributed by atoms with Crippen LogP contribution in [-0.2, 0) is 9.47 Å². The molecular formula is C21H24O7. The summed E-state index contributed by atoms with van der Waals surface area (Å²) in [6.45, 7) is 2.72. The summed E-state index contributed by atoms with van der Waals surface area (Å²) in [4.78, 5) is 23.8. The van der Waals surface area contributed by atoms with Gasteiger partial charge in [0.1, 0.15) is 31.5 Å². The molecule has 0 saturated carbocycles. The second-order valence-corrected chi connectivity index (χ2v) is 6.55. The van der Waals surface area contributed by atoms with Crippen molar-refractivity contribution in [1.29, 1.82) is 0 Å². The van der Waals surface area contributed by atoms with E-state index in [-0.39, 0.29) is 0 Å². The van der Waals surface area contributed by atoms with Crippen LogP contribution in [0.25, 0.3) is 0 Å². The molecule has 150 valence electrons. The van der Waals surface area contributed by atoms with Gasteiger partial charge in [0.25, 0.3) is 0 Å². The average molecular weight is 388 g/mol. The van der Waals surface area contributed by atoms with Crippen molar-refractivity contribution in [3.05, 3.63) is 70.8 Å². The van der Waals surface area contributed by atoms with E-state index >= 15 is 0 Å². The Balaban J connectivity index is 1.78. The van der Waals surface area contributed by atoms with Crippen molar-refractivity contribution in [2.75, 3.05) is 13.2 Å². The second kappa shape index (κ2) is 9.98. The number of rotatable bonds is 8. The van der Waals surface area contributed by atoms with Crippen LogP contribution < -0.4 is 0 Å². The van der Waals surface area contributed by atoms with E-state index < -0.39 is 43.5 Å². The number of benzene rings is 2. The lowest BCUT2D eigenvalue weighted by atomic mass is 10.1. The molecule has 0 heterocycles. The van der Waals surface area contributed by atoms with Crippen molar-refractivity contribution in [3.8, 4) is 0 Å². The summed E-state index contributed by atoms with van der Waals surface area (Å²) in [5.74, 6) is -1.32. The van der Waals surface area contributed by atoms with Crippen LogP contribution in [0.2, 0.25) is 0 Å². The molecule has 0 fully saturated rings. The van der Waals surface area contributed by atoms with Crippen molar-refractivity contribution in [1.82, 2.24) is 0 Å². The van der Waals surface area contributed by atoms with Gasteiger partial charge in [-0.15, -0.1) is 0 Å². The zero-order valence-corrected chi connectivity index (χ0v) is 15.7. The van der Waals surface area contributed by atoms with Crippen LogP contribution in [0.15, 0.2) is 48.5 Å². The van der Waals surface area contributed by atoms with Crippen molar-refractivity contribution >= 4 is 11.9 Å². The maximum Gasteiger partial charge on any atom is 0.338 e. The molecule has 0 amide bonds. The van der Waals surface area contributed by atoms with Gasteiger partial charge in [0.15, 0.2) is 0 Å². The van der Waals surface area contributed by atoms with Crippen LogP contribution in [0.4, 0.5) is 0 Å². The predicted molar refractivity (Wildman–Crippen MR) is 101 cm³/mol. The molecule has 2 rings (SSSR count). The van der Waals surface area contributed by atoms with Crippen LogP contribution in [0.5, 0.6) is 0 Å². The molecule has 3 N–H and O–H groups in total. The Kier molecular flexibility index (Phi) is 7.69. The summed E-state index contributed by atoms with van der Waals surface area (Å²) in [5.41, 5.74) is 2.57. The van der Waals surface area contributed by atoms with E-state index in [0.717, 1.165) is 11.1 Å². The number of carbonyl (C=O) groups excluding carboxylic acids is 2. The SMILES string of the molecule is Cc1ccc(C(=O)OCC(O)C(O)C(O)COC(=O)c2ccc(C)cc2)cc1. The number of aliphatic hydroxyl groups excluding tert-OH is 3. The first-order valence-corrected chi connectivity index (χ1v) is 8.79. The Morgan fingerprint density at radius 1 is 0.714 bits per heavy atom. The molecule has 2 unspecified atom stereocenters. The third-order valence-electron chi connectivity index (χ3n) is 4.13. The number of hydrogen-bond donors (Lipinski definition) is 3. The lowest BCUT2D eigenvalue weighted by Crippen LogP contribution is -2.43. The molecule has 0 bridgehead atoms. The van der Waals surface area contributed by atoms with Crippen molar-refractivity contribution < 1.29 is 34.4 Å². The predicted octanol–water partition coefficient (Wildman–Crippen LogP) is 1.40. The Bertz CT molecular complexity index is 716. The standard InChI is InChI=1S/C21H24O7/c1-13-3-7-15(8-4-13)20(25)27-11-17(22)19(24)18(23)12-28-21(26)16-9-5-14(2)6-10-16/h3-10,17-19,22-24H,11-12H2,1-2H3. The molecule has 0 aliphatic carbocycles. The van der Waals surface area contributed by atoms with Crippen molar-refractivity contribution in [2.45, 2.75) is 32.2 Å². The Labute approximate surface area is 163 Å². The number of aliphatic hydroxyl groups is 3. The third-order valence-corrected chi connectivity index (χ3v) is 4.13. The van der Waals surface area contributed by atoms with E-state index in [1.807, 2.05) is 13.8 Å². The first kappa shape index (κ1) is 21.6. The minimum absolute atomic E-state index is 0.305. The zero-order chi connectivity index (χ0) is 20.7. The van der Waals surface area contributed by atoms with Gasteiger partial charge in [0.05, 0.1) is 11.1 Å². The molecule has 7 heteroatoms. The first-order valence-electron chi connectivity index (χ1n) is 8.79. The van der Waals surface area contributed by atoms with Gasteiger partial charge in [-0.05, 0) is 38.1 Å². The molecule has 0 radical (unpaired) electrons. The fourth-order valence-corrected chi connectivity index (χ4v) is 2.32. The van der Waals surface area contributed by atoms with E-state index in [1.165, 1.54) is 0 Å². The molecule has 0 aliphatic heterocycles. The normalized spacial score (nSPS) is 14.0. The van der Waals surface area contributed by atoms with Gasteiger partial charge in [-0.3, -0.25) is 0 Å². The molecule has 0 spiro atoms. The smallest absolute Gasteiger partial charge is 0.338 e. The maximum absolute atomic E-state index is 11.9.